The summed E-state index contributed by atoms with van der Waals surface area (Å²) in [5.41, 5.74) is 0.228. The fourth-order valence-corrected chi connectivity index (χ4v) is 3.45. The van der Waals surface area contributed by atoms with E-state index in [1.165, 1.54) is 0 Å². The predicted octanol–water partition coefficient (Wildman–Crippen LogP) is 3.63. The van der Waals surface area contributed by atoms with E-state index < -0.39 is 11.5 Å². The second-order valence-corrected chi connectivity index (χ2v) is 6.66. The Bertz CT molecular complexity index is 922. The second kappa shape index (κ2) is 4.79. The number of amides is 1. The molecule has 0 aliphatic carbocycles. The minimum atomic E-state index is -1.64. The first-order chi connectivity index (χ1) is 10.6. The molecule has 0 spiro atoms. The molecule has 1 heterocycles. The zero-order valence-corrected chi connectivity index (χ0v) is 13.7. The highest BCUT2D eigenvalue weighted by molar-refractivity contribution is 14.1. The van der Waals surface area contributed by atoms with Crippen molar-refractivity contribution < 1.29 is 9.90 Å². The molecule has 0 saturated carbocycles. The van der Waals surface area contributed by atoms with Crippen LogP contribution in [0.25, 0.3) is 10.8 Å². The van der Waals surface area contributed by atoms with Crippen LogP contribution in [-0.2, 0) is 10.4 Å². The standard InChI is InChI=1S/C18H12INO2/c19-14-7-8-16-15(10-14)18(22,17(21)20-16)13-6-5-11-3-1-2-4-12(11)9-13/h1-10,22H,(H,20,21). The first-order valence-corrected chi connectivity index (χ1v) is 8.00. The zero-order chi connectivity index (χ0) is 15.3. The third-order valence-electron chi connectivity index (χ3n) is 4.12. The van der Waals surface area contributed by atoms with Crippen LogP contribution in [0.2, 0.25) is 0 Å². The molecule has 0 saturated heterocycles. The van der Waals surface area contributed by atoms with Gasteiger partial charge < -0.3 is 10.4 Å². The molecule has 2 N–H and O–H groups in total. The smallest absolute Gasteiger partial charge is 0.265 e. The lowest BCUT2D eigenvalue weighted by Gasteiger charge is -2.22. The highest BCUT2D eigenvalue weighted by Gasteiger charge is 2.46. The molecule has 0 radical (unpaired) electrons. The highest BCUT2D eigenvalue weighted by atomic mass is 127. The Balaban J connectivity index is 1.96. The van der Waals surface area contributed by atoms with Gasteiger partial charge >= 0.3 is 0 Å². The molecule has 3 nitrogen and oxygen atoms in total. The lowest BCUT2D eigenvalue weighted by atomic mass is 9.86. The topological polar surface area (TPSA) is 49.3 Å². The molecule has 1 aliphatic heterocycles. The summed E-state index contributed by atoms with van der Waals surface area (Å²) in [5.74, 6) is -0.403. The molecule has 108 valence electrons. The fraction of sp³-hybridized carbons (Fsp3) is 0.0556. The van der Waals surface area contributed by atoms with E-state index in [2.05, 4.69) is 27.9 Å². The summed E-state index contributed by atoms with van der Waals surface area (Å²) in [6, 6.07) is 19.1. The first-order valence-electron chi connectivity index (χ1n) is 6.92. The molecular formula is C18H12INO2. The van der Waals surface area contributed by atoms with Crippen molar-refractivity contribution in [1.29, 1.82) is 0 Å². The first kappa shape index (κ1) is 13.7. The Hall–Kier alpha value is -1.92. The van der Waals surface area contributed by atoms with Crippen LogP contribution in [0.3, 0.4) is 0 Å². The van der Waals surface area contributed by atoms with Gasteiger partial charge in [0.15, 0.2) is 5.60 Å². The summed E-state index contributed by atoms with van der Waals surface area (Å²) < 4.78 is 0.979. The summed E-state index contributed by atoms with van der Waals surface area (Å²) in [6.07, 6.45) is 0. The van der Waals surface area contributed by atoms with Gasteiger partial charge in [0.05, 0.1) is 0 Å². The maximum atomic E-state index is 12.4. The Morgan fingerprint density at radius 2 is 1.73 bits per heavy atom. The largest absolute Gasteiger partial charge is 0.372 e. The van der Waals surface area contributed by atoms with E-state index >= 15 is 0 Å². The van der Waals surface area contributed by atoms with Crippen LogP contribution < -0.4 is 5.32 Å². The second-order valence-electron chi connectivity index (χ2n) is 5.42. The number of carbonyl (C=O) groups excluding carboxylic acids is 1. The van der Waals surface area contributed by atoms with Crippen molar-refractivity contribution in [2.75, 3.05) is 5.32 Å². The van der Waals surface area contributed by atoms with Gasteiger partial charge in [-0.1, -0.05) is 36.4 Å². The van der Waals surface area contributed by atoms with Crippen molar-refractivity contribution in [1.82, 2.24) is 0 Å². The van der Waals surface area contributed by atoms with Gasteiger partial charge in [0, 0.05) is 14.8 Å². The van der Waals surface area contributed by atoms with Gasteiger partial charge in [0.25, 0.3) is 5.91 Å². The average Bonchev–Trinajstić information content (AvgIpc) is 2.79. The quantitative estimate of drug-likeness (QED) is 0.612. The van der Waals surface area contributed by atoms with Crippen molar-refractivity contribution >= 4 is 45.0 Å². The Morgan fingerprint density at radius 3 is 2.55 bits per heavy atom. The lowest BCUT2D eigenvalue weighted by molar-refractivity contribution is -0.129. The fourth-order valence-electron chi connectivity index (χ4n) is 2.96. The van der Waals surface area contributed by atoms with Crippen molar-refractivity contribution in [3.63, 3.8) is 0 Å². The average molecular weight is 401 g/mol. The number of rotatable bonds is 1. The van der Waals surface area contributed by atoms with Gasteiger partial charge in [-0.25, -0.2) is 0 Å². The maximum Gasteiger partial charge on any atom is 0.265 e. The third kappa shape index (κ3) is 1.87. The van der Waals surface area contributed by atoms with Crippen LogP contribution in [0.15, 0.2) is 60.7 Å². The number of anilines is 1. The van der Waals surface area contributed by atoms with Crippen LogP contribution in [0.4, 0.5) is 5.69 Å². The maximum absolute atomic E-state index is 12.4. The molecule has 1 unspecified atom stereocenters. The Kier molecular flexibility index (Phi) is 2.99. The van der Waals surface area contributed by atoms with E-state index in [1.807, 2.05) is 60.7 Å². The summed E-state index contributed by atoms with van der Waals surface area (Å²) in [7, 11) is 0. The summed E-state index contributed by atoms with van der Waals surface area (Å²) in [4.78, 5) is 12.4. The minimum Gasteiger partial charge on any atom is -0.372 e. The van der Waals surface area contributed by atoms with Crippen molar-refractivity contribution in [2.45, 2.75) is 5.60 Å². The number of fused-ring (bicyclic) bond motifs is 2. The molecule has 0 bridgehead atoms. The normalized spacial score (nSPS) is 20.0. The van der Waals surface area contributed by atoms with Gasteiger partial charge in [-0.2, -0.15) is 0 Å². The highest BCUT2D eigenvalue weighted by Crippen LogP contribution is 2.42. The molecule has 4 rings (SSSR count). The zero-order valence-electron chi connectivity index (χ0n) is 11.5. The molecule has 0 fully saturated rings. The number of aliphatic hydroxyl groups is 1. The van der Waals surface area contributed by atoms with E-state index in [0.717, 1.165) is 14.3 Å². The van der Waals surface area contributed by atoms with E-state index in [9.17, 15) is 9.90 Å². The number of hydrogen-bond acceptors (Lipinski definition) is 2. The summed E-state index contributed by atoms with van der Waals surface area (Å²) in [6.45, 7) is 0. The molecule has 1 amide bonds. The monoisotopic (exact) mass is 401 g/mol. The Morgan fingerprint density at radius 1 is 0.955 bits per heavy atom. The van der Waals surface area contributed by atoms with Gasteiger partial charge in [0.1, 0.15) is 0 Å². The van der Waals surface area contributed by atoms with E-state index in [4.69, 9.17) is 0 Å². The van der Waals surface area contributed by atoms with Crippen LogP contribution >= 0.6 is 22.6 Å². The minimum absolute atomic E-state index is 0.403. The molecular weight excluding hydrogens is 389 g/mol. The van der Waals surface area contributed by atoms with Gasteiger partial charge in [-0.15, -0.1) is 0 Å². The number of nitrogens with one attached hydrogen (secondary N) is 1. The number of carbonyl (C=O) groups is 1. The number of hydrogen-bond donors (Lipinski definition) is 2. The predicted molar refractivity (Wildman–Crippen MR) is 94.7 cm³/mol. The molecule has 22 heavy (non-hydrogen) atoms. The van der Waals surface area contributed by atoms with Crippen LogP contribution in [-0.4, -0.2) is 11.0 Å². The summed E-state index contributed by atoms with van der Waals surface area (Å²) >= 11 is 2.18. The van der Waals surface area contributed by atoms with Crippen LogP contribution in [0.1, 0.15) is 11.1 Å². The number of benzene rings is 3. The van der Waals surface area contributed by atoms with Gasteiger partial charge in [-0.05, 0) is 63.2 Å². The van der Waals surface area contributed by atoms with Crippen molar-refractivity contribution in [3.8, 4) is 0 Å². The van der Waals surface area contributed by atoms with E-state index in [0.29, 0.717) is 16.8 Å². The summed E-state index contributed by atoms with van der Waals surface area (Å²) in [5, 5.41) is 16.0. The SMILES string of the molecule is O=C1Nc2ccc(I)cc2C1(O)c1ccc2ccccc2c1. The molecule has 1 atom stereocenters. The van der Waals surface area contributed by atoms with Crippen molar-refractivity contribution in [2.24, 2.45) is 0 Å². The molecule has 3 aromatic carbocycles. The Labute approximate surface area is 141 Å². The molecule has 1 aliphatic rings. The van der Waals surface area contributed by atoms with Gasteiger partial charge in [-0.3, -0.25) is 4.79 Å². The molecule has 0 aromatic heterocycles. The lowest BCUT2D eigenvalue weighted by Crippen LogP contribution is -2.35. The molecule has 4 heteroatoms. The number of halogens is 1. The van der Waals surface area contributed by atoms with Crippen LogP contribution in [0.5, 0.6) is 0 Å². The van der Waals surface area contributed by atoms with E-state index in [1.54, 1.807) is 0 Å². The van der Waals surface area contributed by atoms with E-state index in [-0.39, 0.29) is 0 Å². The third-order valence-corrected chi connectivity index (χ3v) is 4.79. The van der Waals surface area contributed by atoms with Crippen molar-refractivity contribution in [3.05, 3.63) is 75.4 Å². The van der Waals surface area contributed by atoms with Gasteiger partial charge in [0.2, 0.25) is 0 Å². The van der Waals surface area contributed by atoms with Crippen LogP contribution in [0, 0.1) is 3.57 Å². The molecule has 3 aromatic rings.